The molecule has 0 spiro atoms. The van der Waals surface area contributed by atoms with Crippen LogP contribution in [0.3, 0.4) is 0 Å². The first kappa shape index (κ1) is 26.1. The summed E-state index contributed by atoms with van der Waals surface area (Å²) in [7, 11) is 3.30. The van der Waals surface area contributed by atoms with Gasteiger partial charge in [0.05, 0.1) is 31.1 Å². The van der Waals surface area contributed by atoms with Gasteiger partial charge in [-0.25, -0.2) is 4.68 Å². The fraction of sp³-hybridized carbons (Fsp3) is 0.258. The highest BCUT2D eigenvalue weighted by Crippen LogP contribution is 2.39. The van der Waals surface area contributed by atoms with E-state index < -0.39 is 0 Å². The molecule has 0 amide bonds. The molecular formula is C31H30ClN5O3. The molecule has 3 aromatic carbocycles. The summed E-state index contributed by atoms with van der Waals surface area (Å²) in [5.41, 5.74) is 5.87. The van der Waals surface area contributed by atoms with E-state index in [1.165, 1.54) is 0 Å². The van der Waals surface area contributed by atoms with Crippen molar-refractivity contribution < 1.29 is 14.2 Å². The third-order valence-electron chi connectivity index (χ3n) is 7.19. The Morgan fingerprint density at radius 3 is 2.70 bits per heavy atom. The molecule has 9 heteroatoms. The Labute approximate surface area is 237 Å². The van der Waals surface area contributed by atoms with Crippen LogP contribution in [0, 0.1) is 0 Å². The predicted octanol–water partition coefficient (Wildman–Crippen LogP) is 7.14. The molecule has 0 bridgehead atoms. The van der Waals surface area contributed by atoms with E-state index in [1.807, 2.05) is 77.6 Å². The largest absolute Gasteiger partial charge is 0.497 e. The highest BCUT2D eigenvalue weighted by atomic mass is 35.5. The van der Waals surface area contributed by atoms with E-state index >= 15 is 0 Å². The molecule has 1 aliphatic heterocycles. The normalized spacial score (nSPS) is 15.2. The van der Waals surface area contributed by atoms with E-state index in [1.54, 1.807) is 14.2 Å². The van der Waals surface area contributed by atoms with Crippen LogP contribution in [-0.2, 0) is 11.3 Å². The molecule has 2 aromatic heterocycles. The van der Waals surface area contributed by atoms with Crippen molar-refractivity contribution in [3.05, 3.63) is 83.5 Å². The minimum atomic E-state index is -0.0459. The summed E-state index contributed by atoms with van der Waals surface area (Å²) >= 11 is 6.55. The molecule has 0 saturated carbocycles. The summed E-state index contributed by atoms with van der Waals surface area (Å²) in [6, 6.07) is 21.5. The highest BCUT2D eigenvalue weighted by Gasteiger charge is 2.21. The molecule has 1 atom stereocenters. The van der Waals surface area contributed by atoms with Crippen molar-refractivity contribution in [3.8, 4) is 34.0 Å². The van der Waals surface area contributed by atoms with E-state index in [-0.39, 0.29) is 6.23 Å². The first-order chi connectivity index (χ1) is 19.6. The Morgan fingerprint density at radius 1 is 0.975 bits per heavy atom. The van der Waals surface area contributed by atoms with Gasteiger partial charge in [0.2, 0.25) is 0 Å². The topological polar surface area (TPSA) is 83.3 Å². The Bertz CT molecular complexity index is 1650. The minimum absolute atomic E-state index is 0.0459. The van der Waals surface area contributed by atoms with Gasteiger partial charge in [0.25, 0.3) is 0 Å². The SMILES string of the molecule is COc1ccc(CNc2c(-c3cc(Cl)ccc3-c3ccn(C4CCCCO4)n3)nnc3ccccc23)c(OC)c1. The number of nitrogens with one attached hydrogen (secondary N) is 1. The maximum absolute atomic E-state index is 6.55. The maximum Gasteiger partial charge on any atom is 0.150 e. The average molecular weight is 556 g/mol. The molecular weight excluding hydrogens is 526 g/mol. The fourth-order valence-corrected chi connectivity index (χ4v) is 5.28. The van der Waals surface area contributed by atoms with Crippen molar-refractivity contribution in [1.29, 1.82) is 0 Å². The second-order valence-electron chi connectivity index (χ2n) is 9.66. The van der Waals surface area contributed by atoms with Gasteiger partial charge < -0.3 is 19.5 Å². The van der Waals surface area contributed by atoms with Crippen LogP contribution in [0.25, 0.3) is 33.4 Å². The number of fused-ring (bicyclic) bond motifs is 1. The number of hydrogen-bond acceptors (Lipinski definition) is 7. The monoisotopic (exact) mass is 555 g/mol. The average Bonchev–Trinajstić information content (AvgIpc) is 3.50. The van der Waals surface area contributed by atoms with Gasteiger partial charge in [-0.15, -0.1) is 10.2 Å². The number of rotatable bonds is 8. The summed E-state index contributed by atoms with van der Waals surface area (Å²) in [5.74, 6) is 1.47. The molecule has 1 fully saturated rings. The van der Waals surface area contributed by atoms with E-state index in [9.17, 15) is 0 Å². The summed E-state index contributed by atoms with van der Waals surface area (Å²) in [6.45, 7) is 1.26. The molecule has 1 aliphatic rings. The predicted molar refractivity (Wildman–Crippen MR) is 157 cm³/mol. The van der Waals surface area contributed by atoms with E-state index in [2.05, 4.69) is 10.4 Å². The Balaban J connectivity index is 1.43. The van der Waals surface area contributed by atoms with Crippen molar-refractivity contribution in [2.24, 2.45) is 0 Å². The number of halogens is 1. The third kappa shape index (κ3) is 5.20. The van der Waals surface area contributed by atoms with Crippen LogP contribution in [0.2, 0.25) is 5.02 Å². The Morgan fingerprint density at radius 2 is 1.88 bits per heavy atom. The van der Waals surface area contributed by atoms with Gasteiger partial charge >= 0.3 is 0 Å². The molecule has 0 aliphatic carbocycles. The van der Waals surface area contributed by atoms with Gasteiger partial charge in [-0.1, -0.05) is 35.9 Å². The van der Waals surface area contributed by atoms with Gasteiger partial charge in [0.1, 0.15) is 23.4 Å². The summed E-state index contributed by atoms with van der Waals surface area (Å²) in [4.78, 5) is 0. The molecule has 8 nitrogen and oxygen atoms in total. The van der Waals surface area contributed by atoms with Crippen LogP contribution in [0.5, 0.6) is 11.5 Å². The lowest BCUT2D eigenvalue weighted by molar-refractivity contribution is -0.0393. The Hall–Kier alpha value is -4.14. The van der Waals surface area contributed by atoms with Gasteiger partial charge in [-0.05, 0) is 55.7 Å². The number of benzene rings is 3. The zero-order valence-corrected chi connectivity index (χ0v) is 23.2. The molecule has 204 valence electrons. The lowest BCUT2D eigenvalue weighted by Crippen LogP contribution is -2.18. The first-order valence-electron chi connectivity index (χ1n) is 13.3. The number of ether oxygens (including phenoxy) is 3. The summed E-state index contributed by atoms with van der Waals surface area (Å²) in [6.07, 6.45) is 5.10. The van der Waals surface area contributed by atoms with Crippen LogP contribution >= 0.6 is 11.6 Å². The molecule has 1 N–H and O–H groups in total. The quantitative estimate of drug-likeness (QED) is 0.218. The molecule has 40 heavy (non-hydrogen) atoms. The van der Waals surface area contributed by atoms with Crippen molar-refractivity contribution in [2.75, 3.05) is 26.1 Å². The third-order valence-corrected chi connectivity index (χ3v) is 7.42. The maximum atomic E-state index is 6.55. The zero-order valence-electron chi connectivity index (χ0n) is 22.4. The van der Waals surface area contributed by atoms with Crippen LogP contribution in [0.4, 0.5) is 5.69 Å². The number of aromatic nitrogens is 4. The van der Waals surface area contributed by atoms with Crippen LogP contribution in [0.15, 0.2) is 72.9 Å². The lowest BCUT2D eigenvalue weighted by atomic mass is 9.99. The van der Waals surface area contributed by atoms with Gasteiger partial charge in [0.15, 0.2) is 0 Å². The molecule has 0 radical (unpaired) electrons. The molecule has 3 heterocycles. The highest BCUT2D eigenvalue weighted by molar-refractivity contribution is 6.31. The molecule has 1 saturated heterocycles. The van der Waals surface area contributed by atoms with Crippen molar-refractivity contribution in [3.63, 3.8) is 0 Å². The summed E-state index contributed by atoms with van der Waals surface area (Å²) < 4.78 is 18.9. The lowest BCUT2D eigenvalue weighted by Gasteiger charge is -2.22. The second-order valence-corrected chi connectivity index (χ2v) is 10.1. The fourth-order valence-electron chi connectivity index (χ4n) is 5.11. The number of hydrogen-bond donors (Lipinski definition) is 1. The van der Waals surface area contributed by atoms with Crippen LogP contribution < -0.4 is 14.8 Å². The van der Waals surface area contributed by atoms with Gasteiger partial charge in [-0.2, -0.15) is 5.10 Å². The number of methoxy groups -OCH3 is 2. The van der Waals surface area contributed by atoms with Crippen molar-refractivity contribution in [2.45, 2.75) is 32.0 Å². The van der Waals surface area contributed by atoms with Gasteiger partial charge in [0, 0.05) is 52.5 Å². The van der Waals surface area contributed by atoms with Crippen LogP contribution in [0.1, 0.15) is 31.1 Å². The summed E-state index contributed by atoms with van der Waals surface area (Å²) in [5, 5.41) is 19.3. The smallest absolute Gasteiger partial charge is 0.150 e. The minimum Gasteiger partial charge on any atom is -0.497 e. The standard InChI is InChI=1S/C31H30ClN5O3/c1-38-22-12-10-20(28(18-22)39-2)19-33-30-24-7-3-4-8-26(24)34-35-31(30)25-17-21(32)11-13-23(25)27-14-15-37(36-27)29-9-5-6-16-40-29/h3-4,7-8,10-15,17-18,29H,5-6,9,16,19H2,1-2H3,(H,33,34). The molecule has 5 aromatic rings. The van der Waals surface area contributed by atoms with Crippen molar-refractivity contribution in [1.82, 2.24) is 20.0 Å². The van der Waals surface area contributed by atoms with Crippen molar-refractivity contribution >= 4 is 28.2 Å². The second kappa shape index (κ2) is 11.5. The zero-order chi connectivity index (χ0) is 27.5. The number of anilines is 1. The Kier molecular flexibility index (Phi) is 7.53. The van der Waals surface area contributed by atoms with E-state index in [0.717, 1.165) is 76.3 Å². The van der Waals surface area contributed by atoms with Gasteiger partial charge in [-0.3, -0.25) is 0 Å². The molecule has 1 unspecified atom stereocenters. The van der Waals surface area contributed by atoms with E-state index in [0.29, 0.717) is 17.3 Å². The first-order valence-corrected chi connectivity index (χ1v) is 13.7. The molecule has 6 rings (SSSR count). The van der Waals surface area contributed by atoms with E-state index in [4.69, 9.17) is 36.0 Å². The van der Waals surface area contributed by atoms with Crippen LogP contribution in [-0.4, -0.2) is 40.8 Å². The number of nitrogens with zero attached hydrogens (tertiary/aromatic N) is 4.